The summed E-state index contributed by atoms with van der Waals surface area (Å²) in [5.74, 6) is 0. The Labute approximate surface area is 208 Å². The van der Waals surface area contributed by atoms with Crippen molar-refractivity contribution < 1.29 is 0 Å². The van der Waals surface area contributed by atoms with Crippen LogP contribution >= 0.6 is 0 Å². The Hall–Kier alpha value is -4.82. The molecule has 0 N–H and O–H groups in total. The number of fused-ring (bicyclic) bond motifs is 7. The predicted molar refractivity (Wildman–Crippen MR) is 153 cm³/mol. The van der Waals surface area contributed by atoms with Gasteiger partial charge in [0.1, 0.15) is 0 Å². The van der Waals surface area contributed by atoms with E-state index in [4.69, 9.17) is 0 Å². The maximum Gasteiger partial charge on any atom is 0.0547 e. The third-order valence-electron chi connectivity index (χ3n) is 7.52. The van der Waals surface area contributed by atoms with Gasteiger partial charge in [0.15, 0.2) is 0 Å². The fraction of sp³-hybridized carbons (Fsp3) is 0. The van der Waals surface area contributed by atoms with E-state index in [2.05, 4.69) is 143 Å². The third-order valence-corrected chi connectivity index (χ3v) is 7.52. The molecule has 0 aliphatic heterocycles. The van der Waals surface area contributed by atoms with Crippen LogP contribution < -0.4 is 0 Å². The van der Waals surface area contributed by atoms with E-state index in [1.165, 1.54) is 65.6 Å². The first-order valence-corrected chi connectivity index (χ1v) is 12.4. The highest BCUT2D eigenvalue weighted by atomic mass is 15.0. The van der Waals surface area contributed by atoms with Crippen LogP contribution in [0.3, 0.4) is 0 Å². The fourth-order valence-corrected chi connectivity index (χ4v) is 5.89. The topological polar surface area (TPSA) is 9.86 Å². The van der Waals surface area contributed by atoms with Crippen LogP contribution in [0, 0.1) is 0 Å². The molecule has 6 aromatic carbocycles. The van der Waals surface area contributed by atoms with E-state index in [0.29, 0.717) is 0 Å². The van der Waals surface area contributed by atoms with Gasteiger partial charge in [0.2, 0.25) is 0 Å². The second-order valence-corrected chi connectivity index (χ2v) is 9.46. The van der Waals surface area contributed by atoms with Gasteiger partial charge in [-0.05, 0) is 64.7 Å². The van der Waals surface area contributed by atoms with E-state index >= 15 is 0 Å². The highest BCUT2D eigenvalue weighted by Gasteiger charge is 2.16. The first-order valence-electron chi connectivity index (χ1n) is 12.4. The van der Waals surface area contributed by atoms with Crippen LogP contribution in [0.1, 0.15) is 0 Å². The van der Waals surface area contributed by atoms with Crippen molar-refractivity contribution in [2.24, 2.45) is 0 Å². The summed E-state index contributed by atoms with van der Waals surface area (Å²) in [5.41, 5.74) is 6.09. The highest BCUT2D eigenvalue weighted by Crippen LogP contribution is 2.38. The molecule has 0 amide bonds. The zero-order valence-corrected chi connectivity index (χ0v) is 19.6. The first-order chi connectivity index (χ1) is 17.9. The molecular weight excluding hydrogens is 436 g/mol. The fourth-order valence-electron chi connectivity index (χ4n) is 5.89. The van der Waals surface area contributed by atoms with Crippen molar-refractivity contribution in [3.8, 4) is 11.4 Å². The number of hydrogen-bond acceptors (Lipinski definition) is 0. The van der Waals surface area contributed by atoms with E-state index < -0.39 is 0 Å². The van der Waals surface area contributed by atoms with Gasteiger partial charge in [0, 0.05) is 33.4 Å². The number of para-hydroxylation sites is 2. The van der Waals surface area contributed by atoms with Crippen molar-refractivity contribution in [1.29, 1.82) is 0 Å². The van der Waals surface area contributed by atoms with Crippen molar-refractivity contribution in [2.75, 3.05) is 0 Å². The Bertz CT molecular complexity index is 2090. The maximum absolute atomic E-state index is 2.44. The SMILES string of the molecule is c1ccc(-n2ccc3c4cc5c(cc4ccc32)c2ccccc2n5-c2cccc3ccccc23)cc1. The number of hydrogen-bond donors (Lipinski definition) is 0. The van der Waals surface area contributed by atoms with Crippen molar-refractivity contribution in [3.05, 3.63) is 134 Å². The lowest BCUT2D eigenvalue weighted by Crippen LogP contribution is -1.95. The van der Waals surface area contributed by atoms with Gasteiger partial charge in [-0.2, -0.15) is 0 Å². The molecule has 168 valence electrons. The van der Waals surface area contributed by atoms with Crippen LogP contribution in [-0.2, 0) is 0 Å². The molecule has 0 saturated carbocycles. The molecule has 2 heteroatoms. The van der Waals surface area contributed by atoms with E-state index in [0.717, 1.165) is 0 Å². The number of aromatic nitrogens is 2. The minimum Gasteiger partial charge on any atom is -0.317 e. The van der Waals surface area contributed by atoms with Crippen LogP contribution in [0.5, 0.6) is 0 Å². The molecule has 0 bridgehead atoms. The lowest BCUT2D eigenvalue weighted by atomic mass is 10.0. The van der Waals surface area contributed by atoms with Crippen LogP contribution in [-0.4, -0.2) is 9.13 Å². The normalized spacial score (nSPS) is 11.9. The largest absolute Gasteiger partial charge is 0.317 e. The molecule has 36 heavy (non-hydrogen) atoms. The zero-order valence-electron chi connectivity index (χ0n) is 19.6. The summed E-state index contributed by atoms with van der Waals surface area (Å²) in [6.45, 7) is 0. The molecule has 0 radical (unpaired) electrons. The van der Waals surface area contributed by atoms with E-state index in [9.17, 15) is 0 Å². The van der Waals surface area contributed by atoms with Gasteiger partial charge >= 0.3 is 0 Å². The van der Waals surface area contributed by atoms with Crippen molar-refractivity contribution in [2.45, 2.75) is 0 Å². The van der Waals surface area contributed by atoms with Gasteiger partial charge in [-0.1, -0.05) is 78.9 Å². The summed E-state index contributed by atoms with van der Waals surface area (Å²) in [5, 5.41) is 8.89. The molecular formula is C34H22N2. The van der Waals surface area contributed by atoms with Crippen molar-refractivity contribution >= 4 is 54.3 Å². The minimum atomic E-state index is 1.18. The van der Waals surface area contributed by atoms with Crippen molar-refractivity contribution in [1.82, 2.24) is 9.13 Å². The van der Waals surface area contributed by atoms with Gasteiger partial charge in [0.25, 0.3) is 0 Å². The lowest BCUT2D eigenvalue weighted by molar-refractivity contribution is 1.13. The van der Waals surface area contributed by atoms with Gasteiger partial charge in [-0.15, -0.1) is 0 Å². The molecule has 0 aliphatic rings. The molecule has 8 aromatic rings. The summed E-state index contributed by atoms with van der Waals surface area (Å²) in [7, 11) is 0. The first kappa shape index (κ1) is 19.5. The standard InChI is InChI=1S/C34H22N2/c1-2-11-25(12-3-1)35-20-19-28-29-22-34-30(21-24(29)17-18-31(28)35)27-14-6-7-15-33(27)36(34)32-16-8-10-23-9-4-5-13-26(23)32/h1-22H. The summed E-state index contributed by atoms with van der Waals surface area (Å²) in [4.78, 5) is 0. The Morgan fingerprint density at radius 1 is 0.389 bits per heavy atom. The average Bonchev–Trinajstić information content (AvgIpc) is 3.51. The zero-order chi connectivity index (χ0) is 23.6. The summed E-state index contributed by atoms with van der Waals surface area (Å²) in [6.07, 6.45) is 2.18. The Balaban J connectivity index is 1.51. The summed E-state index contributed by atoms with van der Waals surface area (Å²) >= 11 is 0. The van der Waals surface area contributed by atoms with Crippen molar-refractivity contribution in [3.63, 3.8) is 0 Å². The second-order valence-electron chi connectivity index (χ2n) is 9.46. The molecule has 2 aromatic heterocycles. The number of rotatable bonds is 2. The molecule has 0 spiro atoms. The molecule has 0 fully saturated rings. The monoisotopic (exact) mass is 458 g/mol. The molecule has 0 atom stereocenters. The van der Waals surface area contributed by atoms with Gasteiger partial charge in [-0.3, -0.25) is 0 Å². The van der Waals surface area contributed by atoms with E-state index in [1.54, 1.807) is 0 Å². The van der Waals surface area contributed by atoms with Gasteiger partial charge in [0.05, 0.1) is 22.2 Å². The smallest absolute Gasteiger partial charge is 0.0547 e. The minimum absolute atomic E-state index is 1.18. The third kappa shape index (κ3) is 2.67. The Morgan fingerprint density at radius 2 is 1.14 bits per heavy atom. The van der Waals surface area contributed by atoms with E-state index in [-0.39, 0.29) is 0 Å². The number of nitrogens with zero attached hydrogens (tertiary/aromatic N) is 2. The molecule has 8 rings (SSSR count). The quantitative estimate of drug-likeness (QED) is 0.244. The van der Waals surface area contributed by atoms with Crippen LogP contribution in [0.2, 0.25) is 0 Å². The van der Waals surface area contributed by atoms with Crippen LogP contribution in [0.15, 0.2) is 134 Å². The molecule has 0 unspecified atom stereocenters. The molecule has 2 nitrogen and oxygen atoms in total. The average molecular weight is 459 g/mol. The summed E-state index contributed by atoms with van der Waals surface area (Å²) < 4.78 is 4.72. The summed E-state index contributed by atoms with van der Waals surface area (Å²) in [6, 6.07) is 46.1. The Kier molecular flexibility index (Phi) is 3.97. The van der Waals surface area contributed by atoms with Crippen LogP contribution in [0.4, 0.5) is 0 Å². The number of benzene rings is 6. The van der Waals surface area contributed by atoms with Gasteiger partial charge in [-0.25, -0.2) is 0 Å². The maximum atomic E-state index is 2.44. The van der Waals surface area contributed by atoms with Crippen LogP contribution in [0.25, 0.3) is 65.6 Å². The predicted octanol–water partition coefficient (Wildman–Crippen LogP) is 9.03. The molecule has 2 heterocycles. The van der Waals surface area contributed by atoms with E-state index in [1.807, 2.05) is 0 Å². The second kappa shape index (κ2) is 7.34. The lowest BCUT2D eigenvalue weighted by Gasteiger charge is -2.12. The molecule has 0 saturated heterocycles. The molecule has 0 aliphatic carbocycles. The van der Waals surface area contributed by atoms with Gasteiger partial charge < -0.3 is 9.13 Å². The highest BCUT2D eigenvalue weighted by molar-refractivity contribution is 6.18. The Morgan fingerprint density at radius 3 is 2.06 bits per heavy atom.